The lowest BCUT2D eigenvalue weighted by atomic mass is 9.98. The zero-order valence-corrected chi connectivity index (χ0v) is 14.4. The molecule has 1 N–H and O–H groups in total. The number of thioether (sulfide) groups is 1. The second kappa shape index (κ2) is 7.20. The Morgan fingerprint density at radius 1 is 1.25 bits per heavy atom. The molecule has 1 aliphatic carbocycles. The third kappa shape index (κ3) is 3.93. The Hall–Kier alpha value is -0.180. The van der Waals surface area contributed by atoms with Gasteiger partial charge in [-0.1, -0.05) is 37.6 Å². The van der Waals surface area contributed by atoms with Crippen molar-refractivity contribution in [3.8, 4) is 0 Å². The molecule has 20 heavy (non-hydrogen) atoms. The highest BCUT2D eigenvalue weighted by Crippen LogP contribution is 2.42. The topological polar surface area (TPSA) is 12.0 Å². The normalized spacial score (nSPS) is 17.2. The summed E-state index contributed by atoms with van der Waals surface area (Å²) in [5.41, 5.74) is 1.39. The fraction of sp³-hybridized carbons (Fsp3) is 0.647. The lowest BCUT2D eigenvalue weighted by Crippen LogP contribution is -2.39. The highest BCUT2D eigenvalue weighted by molar-refractivity contribution is 8.00. The van der Waals surface area contributed by atoms with Crippen LogP contribution < -0.4 is 5.32 Å². The van der Waals surface area contributed by atoms with E-state index in [4.69, 9.17) is 11.6 Å². The first-order valence-corrected chi connectivity index (χ1v) is 9.28. The van der Waals surface area contributed by atoms with Gasteiger partial charge >= 0.3 is 0 Å². The van der Waals surface area contributed by atoms with Gasteiger partial charge in [-0.25, -0.2) is 0 Å². The van der Waals surface area contributed by atoms with Gasteiger partial charge in [-0.15, -0.1) is 0 Å². The van der Waals surface area contributed by atoms with Crippen LogP contribution in [0.15, 0.2) is 24.3 Å². The van der Waals surface area contributed by atoms with Crippen molar-refractivity contribution < 1.29 is 0 Å². The lowest BCUT2D eigenvalue weighted by Gasteiger charge is -2.32. The summed E-state index contributed by atoms with van der Waals surface area (Å²) in [6.45, 7) is 5.69. The van der Waals surface area contributed by atoms with Crippen LogP contribution in [0.1, 0.15) is 51.1 Å². The monoisotopic (exact) mass is 311 g/mol. The van der Waals surface area contributed by atoms with E-state index in [1.807, 2.05) is 23.9 Å². The maximum absolute atomic E-state index is 6.00. The lowest BCUT2D eigenvalue weighted by molar-refractivity contribution is 0.419. The van der Waals surface area contributed by atoms with Gasteiger partial charge in [0.2, 0.25) is 0 Å². The highest BCUT2D eigenvalue weighted by atomic mass is 35.5. The first kappa shape index (κ1) is 16.2. The van der Waals surface area contributed by atoms with Crippen LogP contribution in [-0.2, 0) is 0 Å². The highest BCUT2D eigenvalue weighted by Gasteiger charge is 2.34. The van der Waals surface area contributed by atoms with Crippen molar-refractivity contribution >= 4 is 23.4 Å². The Bertz CT molecular complexity index is 401. The third-order valence-corrected chi connectivity index (χ3v) is 6.53. The Balaban J connectivity index is 2.05. The molecule has 0 radical (unpaired) electrons. The third-order valence-electron chi connectivity index (χ3n) is 4.69. The Morgan fingerprint density at radius 2 is 1.85 bits per heavy atom. The van der Waals surface area contributed by atoms with Crippen LogP contribution >= 0.6 is 23.4 Å². The predicted molar refractivity (Wildman–Crippen MR) is 91.7 cm³/mol. The molecule has 0 aromatic heterocycles. The van der Waals surface area contributed by atoms with Gasteiger partial charge < -0.3 is 5.32 Å². The van der Waals surface area contributed by atoms with E-state index in [0.717, 1.165) is 17.5 Å². The molecular formula is C17H26ClNS. The van der Waals surface area contributed by atoms with Gasteiger partial charge in [-0.3, -0.25) is 0 Å². The van der Waals surface area contributed by atoms with Crippen LogP contribution in [0, 0.1) is 5.92 Å². The number of benzene rings is 1. The summed E-state index contributed by atoms with van der Waals surface area (Å²) in [6.07, 6.45) is 7.38. The maximum atomic E-state index is 6.00. The molecule has 1 aromatic rings. The van der Waals surface area contributed by atoms with Gasteiger partial charge in [0, 0.05) is 22.4 Å². The predicted octanol–water partition coefficient (Wildman–Crippen LogP) is 5.30. The summed E-state index contributed by atoms with van der Waals surface area (Å²) in [5, 5.41) is 4.67. The standard InChI is InChI=1S/C17H26ClNS/c1-4-17(5-2,20-3)12-19-16(13-6-7-13)14-8-10-15(18)11-9-14/h8-11,13,16,19H,4-7,12H2,1-3H3. The summed E-state index contributed by atoms with van der Waals surface area (Å²) in [7, 11) is 0. The van der Waals surface area contributed by atoms with Crippen LogP contribution in [0.4, 0.5) is 0 Å². The Morgan fingerprint density at radius 3 is 2.30 bits per heavy atom. The fourth-order valence-corrected chi connectivity index (χ4v) is 3.74. The van der Waals surface area contributed by atoms with Gasteiger partial charge in [-0.05, 0) is 55.6 Å². The Kier molecular flexibility index (Phi) is 5.83. The van der Waals surface area contributed by atoms with E-state index >= 15 is 0 Å². The molecule has 0 bridgehead atoms. The molecule has 1 aromatic carbocycles. The second-order valence-corrected chi connectivity index (χ2v) is 7.55. The molecule has 1 fully saturated rings. The van der Waals surface area contributed by atoms with Crippen LogP contribution in [0.3, 0.4) is 0 Å². The van der Waals surface area contributed by atoms with E-state index in [9.17, 15) is 0 Å². The van der Waals surface area contributed by atoms with Crippen LogP contribution in [0.2, 0.25) is 5.02 Å². The molecule has 1 saturated carbocycles. The zero-order valence-electron chi connectivity index (χ0n) is 12.8. The van der Waals surface area contributed by atoms with Crippen molar-refractivity contribution in [1.29, 1.82) is 0 Å². The maximum Gasteiger partial charge on any atom is 0.0406 e. The molecule has 1 nitrogen and oxygen atoms in total. The van der Waals surface area contributed by atoms with Crippen molar-refractivity contribution in [2.75, 3.05) is 12.8 Å². The van der Waals surface area contributed by atoms with E-state index in [-0.39, 0.29) is 0 Å². The van der Waals surface area contributed by atoms with Gasteiger partial charge in [0.1, 0.15) is 0 Å². The van der Waals surface area contributed by atoms with E-state index in [2.05, 4.69) is 37.6 Å². The largest absolute Gasteiger partial charge is 0.308 e. The number of hydrogen-bond donors (Lipinski definition) is 1. The molecule has 3 heteroatoms. The van der Waals surface area contributed by atoms with Crippen LogP contribution in [0.25, 0.3) is 0 Å². The van der Waals surface area contributed by atoms with Crippen molar-refractivity contribution in [2.24, 2.45) is 5.92 Å². The minimum absolute atomic E-state index is 0.375. The molecule has 1 aliphatic rings. The first-order chi connectivity index (χ1) is 9.64. The van der Waals surface area contributed by atoms with E-state index in [0.29, 0.717) is 10.8 Å². The Labute approximate surface area is 132 Å². The molecule has 112 valence electrons. The van der Waals surface area contributed by atoms with Crippen LogP contribution in [-0.4, -0.2) is 17.5 Å². The van der Waals surface area contributed by atoms with Gasteiger partial charge in [-0.2, -0.15) is 11.8 Å². The molecule has 2 rings (SSSR count). The molecule has 0 aliphatic heterocycles. The molecule has 0 spiro atoms. The van der Waals surface area contributed by atoms with E-state index < -0.39 is 0 Å². The number of halogens is 1. The summed E-state index contributed by atoms with van der Waals surface area (Å²) in [4.78, 5) is 0. The molecule has 0 saturated heterocycles. The average Bonchev–Trinajstić information content (AvgIpc) is 3.31. The summed E-state index contributed by atoms with van der Waals surface area (Å²) in [5.74, 6) is 0.810. The van der Waals surface area contributed by atoms with E-state index in [1.165, 1.54) is 31.2 Å². The summed E-state index contributed by atoms with van der Waals surface area (Å²) in [6, 6.07) is 8.87. The van der Waals surface area contributed by atoms with Crippen LogP contribution in [0.5, 0.6) is 0 Å². The second-order valence-electron chi connectivity index (χ2n) is 5.84. The molecular weight excluding hydrogens is 286 g/mol. The van der Waals surface area contributed by atoms with Gasteiger partial charge in [0.25, 0.3) is 0 Å². The number of nitrogens with one attached hydrogen (secondary N) is 1. The minimum atomic E-state index is 0.375. The minimum Gasteiger partial charge on any atom is -0.308 e. The van der Waals surface area contributed by atoms with E-state index in [1.54, 1.807) is 0 Å². The molecule has 0 amide bonds. The van der Waals surface area contributed by atoms with Crippen molar-refractivity contribution in [1.82, 2.24) is 5.32 Å². The van der Waals surface area contributed by atoms with Crippen molar-refractivity contribution in [3.63, 3.8) is 0 Å². The van der Waals surface area contributed by atoms with Crippen molar-refractivity contribution in [2.45, 2.75) is 50.3 Å². The smallest absolute Gasteiger partial charge is 0.0406 e. The fourth-order valence-electron chi connectivity index (χ4n) is 2.81. The van der Waals surface area contributed by atoms with Gasteiger partial charge in [0.15, 0.2) is 0 Å². The molecule has 1 unspecified atom stereocenters. The quantitative estimate of drug-likeness (QED) is 0.699. The SMILES string of the molecule is CCC(CC)(CNC(c1ccc(Cl)cc1)C1CC1)SC. The summed E-state index contributed by atoms with van der Waals surface area (Å²) >= 11 is 8.01. The number of hydrogen-bond acceptors (Lipinski definition) is 2. The molecule has 0 heterocycles. The molecule has 1 atom stereocenters. The van der Waals surface area contributed by atoms with Crippen molar-refractivity contribution in [3.05, 3.63) is 34.9 Å². The zero-order chi connectivity index (χ0) is 14.6. The van der Waals surface area contributed by atoms with Gasteiger partial charge in [0.05, 0.1) is 0 Å². The average molecular weight is 312 g/mol. The first-order valence-electron chi connectivity index (χ1n) is 7.68. The number of rotatable bonds is 8. The summed E-state index contributed by atoms with van der Waals surface area (Å²) < 4.78 is 0.375.